The topological polar surface area (TPSA) is 21.6 Å². The van der Waals surface area contributed by atoms with Gasteiger partial charge in [-0.3, -0.25) is 4.99 Å². The number of ether oxygens (including phenoxy) is 1. The smallest absolute Gasteiger partial charge is 0.185 e. The van der Waals surface area contributed by atoms with Gasteiger partial charge in [0.15, 0.2) is 5.72 Å². The summed E-state index contributed by atoms with van der Waals surface area (Å²) in [5.41, 5.74) is 8.14. The Morgan fingerprint density at radius 2 is 1.73 bits per heavy atom. The van der Waals surface area contributed by atoms with Crippen molar-refractivity contribution in [3.63, 3.8) is 0 Å². The van der Waals surface area contributed by atoms with E-state index in [1.54, 1.807) is 0 Å². The van der Waals surface area contributed by atoms with Crippen LogP contribution in [0, 0.1) is 11.8 Å². The number of rotatable bonds is 4. The third-order valence-corrected chi connectivity index (χ3v) is 8.55. The minimum Gasteiger partial charge on any atom is -0.346 e. The first-order valence-corrected chi connectivity index (χ1v) is 13.5. The van der Waals surface area contributed by atoms with Crippen LogP contribution >= 0.6 is 0 Å². The zero-order chi connectivity index (χ0) is 23.0. The molecule has 0 bridgehead atoms. The Labute approximate surface area is 200 Å². The van der Waals surface area contributed by atoms with Gasteiger partial charge in [-0.15, -0.1) is 0 Å². The predicted octanol–water partition coefficient (Wildman–Crippen LogP) is 7.77. The van der Waals surface area contributed by atoms with Crippen molar-refractivity contribution in [2.24, 2.45) is 16.8 Å². The summed E-state index contributed by atoms with van der Waals surface area (Å²) >= 11 is 0. The van der Waals surface area contributed by atoms with E-state index in [-0.39, 0.29) is 6.10 Å². The van der Waals surface area contributed by atoms with Crippen molar-refractivity contribution in [3.05, 3.63) is 70.3 Å². The average molecular weight is 444 g/mol. The number of fused-ring (bicyclic) bond motifs is 3. The molecule has 0 saturated heterocycles. The minimum atomic E-state index is -0.559. The van der Waals surface area contributed by atoms with Crippen LogP contribution in [-0.2, 0) is 29.7 Å². The number of hydrogen-bond donors (Lipinski definition) is 0. The number of nitrogens with zero attached hydrogens (tertiary/aromatic N) is 1. The third-order valence-electron chi connectivity index (χ3n) is 8.55. The molecule has 176 valence electrons. The first kappa shape index (κ1) is 22.8. The Bertz CT molecular complexity index is 1020. The summed E-state index contributed by atoms with van der Waals surface area (Å²) in [7, 11) is 0. The summed E-state index contributed by atoms with van der Waals surface area (Å²) in [5.74, 6) is 1.62. The van der Waals surface area contributed by atoms with Gasteiger partial charge in [-0.25, -0.2) is 0 Å². The van der Waals surface area contributed by atoms with Crippen molar-refractivity contribution >= 4 is 5.71 Å². The normalized spacial score (nSPS) is 28.5. The lowest BCUT2D eigenvalue weighted by Crippen LogP contribution is -2.46. The molecule has 2 aromatic rings. The van der Waals surface area contributed by atoms with Gasteiger partial charge in [0.1, 0.15) is 0 Å². The van der Waals surface area contributed by atoms with Gasteiger partial charge in [-0.1, -0.05) is 70.2 Å². The highest BCUT2D eigenvalue weighted by atomic mass is 16.5. The van der Waals surface area contributed by atoms with Crippen LogP contribution in [0.2, 0.25) is 0 Å². The van der Waals surface area contributed by atoms with Crippen LogP contribution in [0.3, 0.4) is 0 Å². The summed E-state index contributed by atoms with van der Waals surface area (Å²) in [4.78, 5) is 5.63. The number of aryl methyl sites for hydroxylation is 3. The molecule has 1 fully saturated rings. The lowest BCUT2D eigenvalue weighted by molar-refractivity contribution is -0.123. The largest absolute Gasteiger partial charge is 0.346 e. The zero-order valence-corrected chi connectivity index (χ0v) is 21.1. The highest BCUT2D eigenvalue weighted by molar-refractivity contribution is 5.90. The Morgan fingerprint density at radius 3 is 2.42 bits per heavy atom. The van der Waals surface area contributed by atoms with Crippen molar-refractivity contribution in [2.75, 3.05) is 0 Å². The molecule has 1 heterocycles. The number of aliphatic imine (C=N–C) groups is 1. The molecule has 2 heteroatoms. The molecular weight excluding hydrogens is 402 g/mol. The summed E-state index contributed by atoms with van der Waals surface area (Å²) in [6.07, 6.45) is 10.4. The summed E-state index contributed by atoms with van der Waals surface area (Å²) < 4.78 is 7.14. The Hall–Kier alpha value is -1.93. The molecule has 5 rings (SSSR count). The maximum Gasteiger partial charge on any atom is 0.185 e. The standard InChI is InChI=1S/C31H41NO/c1-5-21(3)30-22(4)29(6-2)33-31(32-30)19-18-24-11-8-7-10-23(24)12-9-13-26-16-17-27(20-28(26)31)25-14-15-25/h7-8,10-11,16-17,20-22,25,29H,5-6,9,12-15,18-19H2,1-4H3. The van der Waals surface area contributed by atoms with Gasteiger partial charge >= 0.3 is 0 Å². The fourth-order valence-electron chi connectivity index (χ4n) is 6.12. The monoisotopic (exact) mass is 443 g/mol. The van der Waals surface area contributed by atoms with E-state index < -0.39 is 5.72 Å². The highest BCUT2D eigenvalue weighted by Gasteiger charge is 2.44. The molecule has 4 unspecified atom stereocenters. The Morgan fingerprint density at radius 1 is 1.00 bits per heavy atom. The van der Waals surface area contributed by atoms with Gasteiger partial charge in [-0.05, 0) is 85.5 Å². The molecule has 33 heavy (non-hydrogen) atoms. The van der Waals surface area contributed by atoms with Gasteiger partial charge in [-0.2, -0.15) is 0 Å². The van der Waals surface area contributed by atoms with Gasteiger partial charge < -0.3 is 4.74 Å². The van der Waals surface area contributed by atoms with Gasteiger partial charge in [0.25, 0.3) is 0 Å². The van der Waals surface area contributed by atoms with Gasteiger partial charge in [0.05, 0.1) is 6.10 Å². The molecule has 0 amide bonds. The fourth-order valence-corrected chi connectivity index (χ4v) is 6.12. The molecule has 0 radical (unpaired) electrons. The number of benzene rings is 2. The Balaban J connectivity index is 1.68. The molecule has 1 spiro atoms. The predicted molar refractivity (Wildman–Crippen MR) is 138 cm³/mol. The molecule has 2 nitrogen and oxygen atoms in total. The molecule has 2 aromatic carbocycles. The molecule has 1 saturated carbocycles. The quantitative estimate of drug-likeness (QED) is 0.473. The lowest BCUT2D eigenvalue weighted by atomic mass is 9.80. The second kappa shape index (κ2) is 9.37. The Kier molecular flexibility index (Phi) is 6.49. The lowest BCUT2D eigenvalue weighted by Gasteiger charge is -2.44. The van der Waals surface area contributed by atoms with Crippen molar-refractivity contribution in [3.8, 4) is 0 Å². The fraction of sp³-hybridized carbons (Fsp3) is 0.581. The minimum absolute atomic E-state index is 0.224. The highest BCUT2D eigenvalue weighted by Crippen LogP contribution is 2.47. The average Bonchev–Trinajstić information content (AvgIpc) is 3.69. The molecule has 0 aromatic heterocycles. The molecule has 2 aliphatic carbocycles. The maximum atomic E-state index is 7.14. The van der Waals surface area contributed by atoms with E-state index in [1.807, 2.05) is 0 Å². The zero-order valence-electron chi connectivity index (χ0n) is 21.1. The number of hydrogen-bond acceptors (Lipinski definition) is 2. The van der Waals surface area contributed by atoms with Crippen LogP contribution in [-0.4, -0.2) is 11.8 Å². The van der Waals surface area contributed by atoms with Crippen LogP contribution in [0.25, 0.3) is 0 Å². The summed E-state index contributed by atoms with van der Waals surface area (Å²) in [6, 6.07) is 16.4. The van der Waals surface area contributed by atoms with Crippen molar-refractivity contribution < 1.29 is 4.74 Å². The van der Waals surface area contributed by atoms with Crippen LogP contribution < -0.4 is 0 Å². The SMILES string of the molecule is CCC(C)C1=NC2(CCc3ccccc3CCCc3ccc(C4CC4)cc32)OC(CC)C1C. The van der Waals surface area contributed by atoms with E-state index in [4.69, 9.17) is 9.73 Å². The molecule has 1 aliphatic heterocycles. The summed E-state index contributed by atoms with van der Waals surface area (Å²) in [5, 5.41) is 0. The molecule has 4 atom stereocenters. The first-order valence-electron chi connectivity index (χ1n) is 13.5. The maximum absolute atomic E-state index is 7.14. The van der Waals surface area contributed by atoms with Crippen molar-refractivity contribution in [2.45, 2.75) is 103 Å². The first-order chi connectivity index (χ1) is 16.0. The van der Waals surface area contributed by atoms with Crippen molar-refractivity contribution in [1.82, 2.24) is 0 Å². The van der Waals surface area contributed by atoms with Crippen LogP contribution in [0.5, 0.6) is 0 Å². The second-order valence-electron chi connectivity index (χ2n) is 10.8. The molecule has 3 aliphatic rings. The van der Waals surface area contributed by atoms with E-state index in [0.717, 1.165) is 44.4 Å². The van der Waals surface area contributed by atoms with E-state index in [2.05, 4.69) is 70.2 Å². The van der Waals surface area contributed by atoms with E-state index in [0.29, 0.717) is 11.8 Å². The van der Waals surface area contributed by atoms with Gasteiger partial charge in [0.2, 0.25) is 0 Å². The van der Waals surface area contributed by atoms with Gasteiger partial charge in [0, 0.05) is 23.6 Å². The van der Waals surface area contributed by atoms with Crippen molar-refractivity contribution in [1.29, 1.82) is 0 Å². The third kappa shape index (κ3) is 4.44. The molecule has 0 N–H and O–H groups in total. The second-order valence-corrected chi connectivity index (χ2v) is 10.8. The van der Waals surface area contributed by atoms with Crippen LogP contribution in [0.1, 0.15) is 100.0 Å². The van der Waals surface area contributed by atoms with Crippen LogP contribution in [0.15, 0.2) is 47.5 Å². The van der Waals surface area contributed by atoms with E-state index in [9.17, 15) is 0 Å². The summed E-state index contributed by atoms with van der Waals surface area (Å²) in [6.45, 7) is 9.28. The van der Waals surface area contributed by atoms with Crippen LogP contribution in [0.4, 0.5) is 0 Å². The molecular formula is C31H41NO. The van der Waals surface area contributed by atoms with E-state index in [1.165, 1.54) is 52.8 Å². The van der Waals surface area contributed by atoms with E-state index >= 15 is 0 Å².